The molecule has 1 amide bonds. The number of hydrogen-bond donors (Lipinski definition) is 2. The fourth-order valence-corrected chi connectivity index (χ4v) is 3.01. The van der Waals surface area contributed by atoms with Crippen molar-refractivity contribution in [3.05, 3.63) is 59.4 Å². The van der Waals surface area contributed by atoms with Gasteiger partial charge >= 0.3 is 0 Å². The molecule has 1 aliphatic carbocycles. The highest BCUT2D eigenvalue weighted by Gasteiger charge is 2.33. The molecule has 3 rings (SSSR count). The smallest absolute Gasteiger partial charge is 0.225 e. The molecule has 0 bridgehead atoms. The number of rotatable bonds is 7. The Balaban J connectivity index is 1.54. The fourth-order valence-electron chi connectivity index (χ4n) is 3.01. The van der Waals surface area contributed by atoms with Gasteiger partial charge in [-0.2, -0.15) is 0 Å². The van der Waals surface area contributed by atoms with Gasteiger partial charge in [-0.05, 0) is 55.9 Å². The summed E-state index contributed by atoms with van der Waals surface area (Å²) in [5.41, 5.74) is 4.31. The lowest BCUT2D eigenvalue weighted by molar-refractivity contribution is -0.116. The number of benzene rings is 1. The van der Waals surface area contributed by atoms with E-state index in [1.165, 1.54) is 18.4 Å². The van der Waals surface area contributed by atoms with Crippen LogP contribution in [0.2, 0.25) is 0 Å². The monoisotopic (exact) mass is 323 g/mol. The van der Waals surface area contributed by atoms with Crippen LogP contribution in [0.4, 0.5) is 5.69 Å². The number of carbonyl (C=O) groups excluding carboxylic acids is 1. The average molecular weight is 323 g/mol. The van der Waals surface area contributed by atoms with Crippen molar-refractivity contribution in [2.24, 2.45) is 5.92 Å². The molecule has 1 atom stereocenters. The second-order valence-electron chi connectivity index (χ2n) is 6.59. The summed E-state index contributed by atoms with van der Waals surface area (Å²) in [5, 5.41) is 6.53. The van der Waals surface area contributed by atoms with Crippen LogP contribution in [0.15, 0.2) is 42.6 Å². The summed E-state index contributed by atoms with van der Waals surface area (Å²) >= 11 is 0. The van der Waals surface area contributed by atoms with E-state index >= 15 is 0 Å². The lowest BCUT2D eigenvalue weighted by Gasteiger charge is -2.19. The molecule has 0 unspecified atom stereocenters. The molecule has 1 aromatic heterocycles. The first-order valence-corrected chi connectivity index (χ1v) is 8.65. The minimum absolute atomic E-state index is 0.0455. The molecule has 1 heterocycles. The summed E-state index contributed by atoms with van der Waals surface area (Å²) in [6.45, 7) is 4.76. The molecule has 0 spiro atoms. The molecule has 0 aliphatic heterocycles. The van der Waals surface area contributed by atoms with Crippen LogP contribution in [0.5, 0.6) is 0 Å². The maximum Gasteiger partial charge on any atom is 0.225 e. The number of aryl methyl sites for hydroxylation is 2. The first-order chi connectivity index (χ1) is 11.6. The van der Waals surface area contributed by atoms with Gasteiger partial charge in [-0.15, -0.1) is 0 Å². The number of aromatic nitrogens is 1. The van der Waals surface area contributed by atoms with Crippen LogP contribution in [0.1, 0.15) is 42.1 Å². The van der Waals surface area contributed by atoms with E-state index in [1.807, 2.05) is 43.5 Å². The van der Waals surface area contributed by atoms with E-state index in [0.717, 1.165) is 16.9 Å². The van der Waals surface area contributed by atoms with Crippen LogP contribution in [0.3, 0.4) is 0 Å². The Hall–Kier alpha value is -2.20. The van der Waals surface area contributed by atoms with Gasteiger partial charge in [0.2, 0.25) is 5.91 Å². The maximum absolute atomic E-state index is 12.2. The normalized spacial score (nSPS) is 15.1. The minimum Gasteiger partial charge on any atom is -0.326 e. The predicted octanol–water partition coefficient (Wildman–Crippen LogP) is 3.77. The van der Waals surface area contributed by atoms with Crippen LogP contribution in [0.25, 0.3) is 0 Å². The quantitative estimate of drug-likeness (QED) is 0.815. The number of anilines is 1. The SMILES string of the molecule is Cc1ccccc1NC(=O)CCN[C@@H](c1ncccc1C)C1CC1. The summed E-state index contributed by atoms with van der Waals surface area (Å²) in [6, 6.07) is 12.2. The lowest BCUT2D eigenvalue weighted by atomic mass is 10.0. The molecule has 1 fully saturated rings. The van der Waals surface area contributed by atoms with E-state index in [0.29, 0.717) is 18.9 Å². The van der Waals surface area contributed by atoms with Crippen molar-refractivity contribution in [1.82, 2.24) is 10.3 Å². The average Bonchev–Trinajstić information content (AvgIpc) is 3.40. The Morgan fingerprint density at radius 2 is 1.92 bits per heavy atom. The zero-order valence-electron chi connectivity index (χ0n) is 14.4. The first kappa shape index (κ1) is 16.7. The van der Waals surface area contributed by atoms with Gasteiger partial charge in [0.25, 0.3) is 0 Å². The van der Waals surface area contributed by atoms with Gasteiger partial charge in [0.15, 0.2) is 0 Å². The van der Waals surface area contributed by atoms with Crippen molar-refractivity contribution in [1.29, 1.82) is 0 Å². The summed E-state index contributed by atoms with van der Waals surface area (Å²) < 4.78 is 0. The zero-order chi connectivity index (χ0) is 16.9. The molecule has 2 aromatic rings. The van der Waals surface area contributed by atoms with Crippen LogP contribution in [-0.4, -0.2) is 17.4 Å². The summed E-state index contributed by atoms with van der Waals surface area (Å²) in [4.78, 5) is 16.7. The molecule has 1 aromatic carbocycles. The van der Waals surface area contributed by atoms with E-state index in [1.54, 1.807) is 0 Å². The number of para-hydroxylation sites is 1. The van der Waals surface area contributed by atoms with Gasteiger partial charge in [-0.25, -0.2) is 0 Å². The Morgan fingerprint density at radius 3 is 2.62 bits per heavy atom. The van der Waals surface area contributed by atoms with Gasteiger partial charge in [0.05, 0.1) is 11.7 Å². The third-order valence-electron chi connectivity index (χ3n) is 4.57. The van der Waals surface area contributed by atoms with E-state index in [9.17, 15) is 4.79 Å². The predicted molar refractivity (Wildman–Crippen MR) is 96.9 cm³/mol. The maximum atomic E-state index is 12.2. The van der Waals surface area contributed by atoms with E-state index < -0.39 is 0 Å². The Labute approximate surface area is 143 Å². The molecular formula is C20H25N3O. The van der Waals surface area contributed by atoms with Crippen molar-refractivity contribution < 1.29 is 4.79 Å². The van der Waals surface area contributed by atoms with Crippen LogP contribution < -0.4 is 10.6 Å². The third kappa shape index (κ3) is 4.20. The highest BCUT2D eigenvalue weighted by Crippen LogP contribution is 2.41. The molecular weight excluding hydrogens is 298 g/mol. The van der Waals surface area contributed by atoms with Crippen molar-refractivity contribution >= 4 is 11.6 Å². The second kappa shape index (κ2) is 7.58. The van der Waals surface area contributed by atoms with Crippen LogP contribution in [0, 0.1) is 19.8 Å². The molecule has 1 aliphatic rings. The number of carbonyl (C=O) groups is 1. The molecule has 24 heavy (non-hydrogen) atoms. The van der Waals surface area contributed by atoms with Gasteiger partial charge in [-0.3, -0.25) is 9.78 Å². The van der Waals surface area contributed by atoms with Gasteiger partial charge in [0, 0.05) is 24.8 Å². The molecule has 126 valence electrons. The number of pyridine rings is 1. The molecule has 0 radical (unpaired) electrons. The molecule has 4 heteroatoms. The fraction of sp³-hybridized carbons (Fsp3) is 0.400. The molecule has 1 saturated carbocycles. The summed E-state index contributed by atoms with van der Waals surface area (Å²) in [7, 11) is 0. The Kier molecular flexibility index (Phi) is 5.26. The number of nitrogens with zero attached hydrogens (tertiary/aromatic N) is 1. The van der Waals surface area contributed by atoms with Crippen molar-refractivity contribution in [3.63, 3.8) is 0 Å². The largest absolute Gasteiger partial charge is 0.326 e. The van der Waals surface area contributed by atoms with E-state index in [-0.39, 0.29) is 11.9 Å². The van der Waals surface area contributed by atoms with Crippen LogP contribution in [-0.2, 0) is 4.79 Å². The van der Waals surface area contributed by atoms with E-state index in [2.05, 4.69) is 28.6 Å². The molecule has 0 saturated heterocycles. The lowest BCUT2D eigenvalue weighted by Crippen LogP contribution is -2.28. The number of nitrogens with one attached hydrogen (secondary N) is 2. The third-order valence-corrected chi connectivity index (χ3v) is 4.57. The Morgan fingerprint density at radius 1 is 1.17 bits per heavy atom. The highest BCUT2D eigenvalue weighted by molar-refractivity contribution is 5.91. The van der Waals surface area contributed by atoms with Gasteiger partial charge < -0.3 is 10.6 Å². The van der Waals surface area contributed by atoms with Gasteiger partial charge in [-0.1, -0.05) is 24.3 Å². The topological polar surface area (TPSA) is 54.0 Å². The summed E-state index contributed by atoms with van der Waals surface area (Å²) in [5.74, 6) is 0.696. The van der Waals surface area contributed by atoms with E-state index in [4.69, 9.17) is 0 Å². The highest BCUT2D eigenvalue weighted by atomic mass is 16.1. The molecule has 4 nitrogen and oxygen atoms in total. The zero-order valence-corrected chi connectivity index (χ0v) is 14.4. The second-order valence-corrected chi connectivity index (χ2v) is 6.59. The molecule has 2 N–H and O–H groups in total. The van der Waals surface area contributed by atoms with Crippen molar-refractivity contribution in [2.75, 3.05) is 11.9 Å². The van der Waals surface area contributed by atoms with Crippen molar-refractivity contribution in [3.8, 4) is 0 Å². The number of hydrogen-bond acceptors (Lipinski definition) is 3. The van der Waals surface area contributed by atoms with Gasteiger partial charge in [0.1, 0.15) is 0 Å². The first-order valence-electron chi connectivity index (χ1n) is 8.65. The Bertz CT molecular complexity index is 710. The minimum atomic E-state index is 0.0455. The standard InChI is InChI=1S/C20H25N3O/c1-14-6-3-4-8-17(14)23-18(24)11-13-22-20(16-9-10-16)19-15(2)7-5-12-21-19/h3-8,12,16,20,22H,9-11,13H2,1-2H3,(H,23,24)/t20-/m1/s1. The van der Waals surface area contributed by atoms with Crippen LogP contribution >= 0.6 is 0 Å². The van der Waals surface area contributed by atoms with Crippen molar-refractivity contribution in [2.45, 2.75) is 39.2 Å². The summed E-state index contributed by atoms with van der Waals surface area (Å²) in [6.07, 6.45) is 4.79. The number of amides is 1.